The van der Waals surface area contributed by atoms with Crippen molar-refractivity contribution in [1.29, 1.82) is 0 Å². The third-order valence-corrected chi connectivity index (χ3v) is 3.34. The van der Waals surface area contributed by atoms with E-state index >= 15 is 0 Å². The first kappa shape index (κ1) is 15.0. The number of carboxylic acid groups (broad SMARTS) is 1. The van der Waals surface area contributed by atoms with E-state index in [9.17, 15) is 14.4 Å². The molecule has 0 radical (unpaired) electrons. The minimum atomic E-state index is -1.06. The number of amides is 2. The van der Waals surface area contributed by atoms with Crippen LogP contribution in [0.15, 0.2) is 0 Å². The van der Waals surface area contributed by atoms with Crippen LogP contribution in [-0.4, -0.2) is 58.4 Å². The average Bonchev–Trinajstić information content (AvgIpc) is 2.25. The predicted octanol–water partition coefficient (Wildman–Crippen LogP) is -0.212. The molecule has 6 heteroatoms. The molecule has 1 N–H and O–H groups in total. The SMILES string of the molecule is C#CC(=O)N1CC[C@H]1C(=O)N(C)C(C(=O)O)C(C)C. The minimum absolute atomic E-state index is 0.219. The van der Waals surface area contributed by atoms with Gasteiger partial charge in [0.2, 0.25) is 5.91 Å². The smallest absolute Gasteiger partial charge is 0.326 e. The lowest BCUT2D eigenvalue weighted by Crippen LogP contribution is -2.60. The number of rotatable bonds is 4. The van der Waals surface area contributed by atoms with Gasteiger partial charge in [0.15, 0.2) is 0 Å². The number of aliphatic carboxylic acids is 1. The van der Waals surface area contributed by atoms with Gasteiger partial charge in [-0.25, -0.2) is 4.79 Å². The van der Waals surface area contributed by atoms with Gasteiger partial charge < -0.3 is 14.9 Å². The number of nitrogens with zero attached hydrogens (tertiary/aromatic N) is 2. The molecule has 0 aliphatic carbocycles. The van der Waals surface area contributed by atoms with Gasteiger partial charge in [-0.2, -0.15) is 0 Å². The van der Waals surface area contributed by atoms with Gasteiger partial charge in [0.1, 0.15) is 12.1 Å². The van der Waals surface area contributed by atoms with Crippen LogP contribution in [0.2, 0.25) is 0 Å². The van der Waals surface area contributed by atoms with E-state index in [0.717, 1.165) is 0 Å². The summed E-state index contributed by atoms with van der Waals surface area (Å²) in [5.41, 5.74) is 0. The highest BCUT2D eigenvalue weighted by Gasteiger charge is 2.41. The quantitative estimate of drug-likeness (QED) is 0.714. The Balaban J connectivity index is 2.80. The topological polar surface area (TPSA) is 77.9 Å². The Bertz CT molecular complexity index is 438. The Morgan fingerprint density at radius 1 is 1.42 bits per heavy atom. The van der Waals surface area contributed by atoms with Crippen LogP contribution in [-0.2, 0) is 14.4 Å². The number of carbonyl (C=O) groups is 3. The number of carbonyl (C=O) groups excluding carboxylic acids is 2. The summed E-state index contributed by atoms with van der Waals surface area (Å²) in [7, 11) is 1.44. The molecule has 1 aliphatic rings. The van der Waals surface area contributed by atoms with Crippen LogP contribution < -0.4 is 0 Å². The third kappa shape index (κ3) is 2.87. The second-order valence-electron chi connectivity index (χ2n) is 4.92. The highest BCUT2D eigenvalue weighted by Crippen LogP contribution is 2.21. The molecule has 2 amide bonds. The summed E-state index contributed by atoms with van der Waals surface area (Å²) >= 11 is 0. The molecule has 2 atom stereocenters. The van der Waals surface area contributed by atoms with Crippen molar-refractivity contribution in [2.24, 2.45) is 5.92 Å². The first-order chi connectivity index (χ1) is 8.81. The van der Waals surface area contributed by atoms with Crippen molar-refractivity contribution >= 4 is 17.8 Å². The maximum Gasteiger partial charge on any atom is 0.326 e. The molecule has 1 rings (SSSR count). The molecule has 1 saturated heterocycles. The van der Waals surface area contributed by atoms with Crippen molar-refractivity contribution < 1.29 is 19.5 Å². The van der Waals surface area contributed by atoms with Crippen molar-refractivity contribution in [2.75, 3.05) is 13.6 Å². The van der Waals surface area contributed by atoms with Gasteiger partial charge in [0.05, 0.1) is 0 Å². The van der Waals surface area contributed by atoms with Gasteiger partial charge in [-0.3, -0.25) is 9.59 Å². The summed E-state index contributed by atoms with van der Waals surface area (Å²) in [6, 6.07) is -1.54. The zero-order valence-corrected chi connectivity index (χ0v) is 11.3. The number of terminal acetylenes is 1. The Morgan fingerprint density at radius 3 is 2.32 bits per heavy atom. The molecule has 1 heterocycles. The molecule has 1 unspecified atom stereocenters. The Hall–Kier alpha value is -2.03. The molecule has 0 spiro atoms. The van der Waals surface area contributed by atoms with E-state index in [-0.39, 0.29) is 11.8 Å². The molecule has 1 fully saturated rings. The van der Waals surface area contributed by atoms with Crippen LogP contribution in [0.4, 0.5) is 0 Å². The second kappa shape index (κ2) is 5.74. The first-order valence-corrected chi connectivity index (χ1v) is 6.08. The van der Waals surface area contributed by atoms with Gasteiger partial charge in [0, 0.05) is 13.6 Å². The largest absolute Gasteiger partial charge is 0.480 e. The van der Waals surface area contributed by atoms with Crippen LogP contribution in [0.1, 0.15) is 20.3 Å². The summed E-state index contributed by atoms with van der Waals surface area (Å²) in [4.78, 5) is 37.2. The van der Waals surface area contributed by atoms with Gasteiger partial charge in [-0.15, -0.1) is 6.42 Å². The van der Waals surface area contributed by atoms with E-state index in [1.54, 1.807) is 13.8 Å². The standard InChI is InChI=1S/C13H18N2O4/c1-5-10(16)15-7-6-9(15)12(17)14(4)11(8(2)3)13(18)19/h1,8-9,11H,6-7H2,2-4H3,(H,18,19)/t9-,11?/m0/s1. The van der Waals surface area contributed by atoms with Gasteiger partial charge >= 0.3 is 5.97 Å². The van der Waals surface area contributed by atoms with Crippen molar-refractivity contribution in [3.05, 3.63) is 0 Å². The number of likely N-dealkylation sites (tertiary alicyclic amines) is 1. The van der Waals surface area contributed by atoms with Crippen molar-refractivity contribution in [3.8, 4) is 12.3 Å². The number of hydrogen-bond acceptors (Lipinski definition) is 3. The van der Waals surface area contributed by atoms with Crippen LogP contribution in [0, 0.1) is 18.3 Å². The summed E-state index contributed by atoms with van der Waals surface area (Å²) in [6.07, 6.45) is 5.53. The number of hydrogen-bond donors (Lipinski definition) is 1. The van der Waals surface area contributed by atoms with Crippen LogP contribution >= 0.6 is 0 Å². The first-order valence-electron chi connectivity index (χ1n) is 6.08. The lowest BCUT2D eigenvalue weighted by atomic mass is 9.98. The van der Waals surface area contributed by atoms with Crippen LogP contribution in [0.3, 0.4) is 0 Å². The van der Waals surface area contributed by atoms with Crippen LogP contribution in [0.5, 0.6) is 0 Å². The fraction of sp³-hybridized carbons (Fsp3) is 0.615. The molecule has 104 valence electrons. The summed E-state index contributed by atoms with van der Waals surface area (Å²) < 4.78 is 0. The molecule has 0 bridgehead atoms. The predicted molar refractivity (Wildman–Crippen MR) is 68.0 cm³/mol. The Kier molecular flexibility index (Phi) is 4.54. The molecule has 1 aliphatic heterocycles. The highest BCUT2D eigenvalue weighted by atomic mass is 16.4. The van der Waals surface area contributed by atoms with Crippen molar-refractivity contribution in [1.82, 2.24) is 9.80 Å². The second-order valence-corrected chi connectivity index (χ2v) is 4.92. The van der Waals surface area contributed by atoms with E-state index in [1.807, 2.05) is 5.92 Å². The van der Waals surface area contributed by atoms with Gasteiger partial charge in [0.25, 0.3) is 5.91 Å². The summed E-state index contributed by atoms with van der Waals surface area (Å²) in [6.45, 7) is 3.90. The molecule has 6 nitrogen and oxygen atoms in total. The molecule has 0 saturated carbocycles. The van der Waals surface area contributed by atoms with E-state index in [2.05, 4.69) is 0 Å². The summed E-state index contributed by atoms with van der Waals surface area (Å²) in [5, 5.41) is 9.15. The van der Waals surface area contributed by atoms with Gasteiger partial charge in [-0.05, 0) is 18.3 Å². The van der Waals surface area contributed by atoms with E-state index in [4.69, 9.17) is 11.5 Å². The normalized spacial score (nSPS) is 19.3. The maximum atomic E-state index is 12.2. The van der Waals surface area contributed by atoms with Gasteiger partial charge in [-0.1, -0.05) is 13.8 Å². The molecule has 0 aromatic rings. The number of likely N-dealkylation sites (N-methyl/N-ethyl adjacent to an activating group) is 1. The highest BCUT2D eigenvalue weighted by molar-refractivity contribution is 5.98. The lowest BCUT2D eigenvalue weighted by Gasteiger charge is -2.41. The Morgan fingerprint density at radius 2 is 2.00 bits per heavy atom. The molecule has 19 heavy (non-hydrogen) atoms. The van der Waals surface area contributed by atoms with E-state index < -0.39 is 24.0 Å². The van der Waals surface area contributed by atoms with E-state index in [0.29, 0.717) is 13.0 Å². The zero-order valence-electron chi connectivity index (χ0n) is 11.3. The molecular weight excluding hydrogens is 248 g/mol. The minimum Gasteiger partial charge on any atom is -0.480 e. The summed E-state index contributed by atoms with van der Waals surface area (Å²) in [5.74, 6) is -0.221. The lowest BCUT2D eigenvalue weighted by molar-refractivity contribution is -0.157. The Labute approximate surface area is 112 Å². The van der Waals surface area contributed by atoms with Crippen LogP contribution in [0.25, 0.3) is 0 Å². The van der Waals surface area contributed by atoms with E-state index in [1.165, 1.54) is 16.8 Å². The molecule has 0 aromatic carbocycles. The number of carboxylic acids is 1. The molecule has 0 aromatic heterocycles. The third-order valence-electron chi connectivity index (χ3n) is 3.34. The van der Waals surface area contributed by atoms with Crippen molar-refractivity contribution in [3.63, 3.8) is 0 Å². The maximum absolute atomic E-state index is 12.2. The van der Waals surface area contributed by atoms with Crippen molar-refractivity contribution in [2.45, 2.75) is 32.4 Å². The fourth-order valence-corrected chi connectivity index (χ4v) is 2.24. The zero-order chi connectivity index (χ0) is 14.7. The fourth-order valence-electron chi connectivity index (χ4n) is 2.24. The monoisotopic (exact) mass is 266 g/mol. The molecular formula is C13H18N2O4. The average molecular weight is 266 g/mol.